The second-order valence-electron chi connectivity index (χ2n) is 12.0. The number of carboxylic acid groups (broad SMARTS) is 1. The first-order chi connectivity index (χ1) is 21.4. The van der Waals surface area contributed by atoms with Crippen molar-refractivity contribution in [1.82, 2.24) is 4.90 Å². The fourth-order valence-electron chi connectivity index (χ4n) is 7.28. The van der Waals surface area contributed by atoms with Gasteiger partial charge in [-0.25, -0.2) is 21.6 Å². The average molecular weight is 662 g/mol. The third kappa shape index (κ3) is 5.27. The SMILES string of the molecule is O=C(O)C1CCC(F)(C(=O)N2CC[C@@]3(S(=O)(=O)c4ccc(F)cc4)c4ccc(OCc5c(F)cccc5Cl)cc4CC[C@@H]23)CC1. The molecule has 12 heteroatoms. The lowest BCUT2D eigenvalue weighted by Gasteiger charge is -2.44. The van der Waals surface area contributed by atoms with Crippen LogP contribution in [0.2, 0.25) is 5.02 Å². The van der Waals surface area contributed by atoms with Crippen molar-refractivity contribution in [2.24, 2.45) is 5.92 Å². The summed E-state index contributed by atoms with van der Waals surface area (Å²) in [6.45, 7) is -0.184. The highest BCUT2D eigenvalue weighted by molar-refractivity contribution is 7.92. The number of fused-ring (bicyclic) bond motifs is 3. The Balaban J connectivity index is 1.37. The Kier molecular flexibility index (Phi) is 8.14. The Morgan fingerprint density at radius 3 is 2.38 bits per heavy atom. The summed E-state index contributed by atoms with van der Waals surface area (Å²) in [7, 11) is -4.28. The molecule has 2 fully saturated rings. The number of aliphatic carboxylic acids is 1. The molecule has 1 amide bonds. The molecule has 2 atom stereocenters. The number of benzene rings is 3. The second kappa shape index (κ2) is 11.7. The molecule has 3 aromatic carbocycles. The maximum atomic E-state index is 16.2. The van der Waals surface area contributed by atoms with E-state index in [4.69, 9.17) is 16.3 Å². The quantitative estimate of drug-likeness (QED) is 0.294. The number of likely N-dealkylation sites (tertiary alicyclic amines) is 1. The number of sulfone groups is 1. The van der Waals surface area contributed by atoms with Gasteiger partial charge in [-0.1, -0.05) is 23.7 Å². The van der Waals surface area contributed by atoms with Gasteiger partial charge in [0.1, 0.15) is 28.7 Å². The summed E-state index contributed by atoms with van der Waals surface area (Å²) in [5.74, 6) is -3.35. The Morgan fingerprint density at radius 1 is 1.00 bits per heavy atom. The highest BCUT2D eigenvalue weighted by Crippen LogP contribution is 2.54. The number of hydrogen-bond acceptors (Lipinski definition) is 5. The van der Waals surface area contributed by atoms with E-state index in [1.165, 1.54) is 29.2 Å². The number of alkyl halides is 1. The molecule has 2 aliphatic carbocycles. The van der Waals surface area contributed by atoms with E-state index >= 15 is 4.39 Å². The zero-order valence-electron chi connectivity index (χ0n) is 24.1. The fourth-order valence-corrected chi connectivity index (χ4v) is 9.86. The van der Waals surface area contributed by atoms with Crippen molar-refractivity contribution >= 4 is 33.3 Å². The lowest BCUT2D eigenvalue weighted by atomic mass is 9.77. The summed E-state index contributed by atoms with van der Waals surface area (Å²) in [6, 6.07) is 12.8. The third-order valence-corrected chi connectivity index (χ3v) is 12.6. The smallest absolute Gasteiger partial charge is 0.306 e. The molecule has 0 aromatic heterocycles. The number of rotatable bonds is 7. The van der Waals surface area contributed by atoms with Gasteiger partial charge in [0.25, 0.3) is 5.91 Å². The first kappa shape index (κ1) is 31.4. The molecule has 7 nitrogen and oxygen atoms in total. The normalized spacial score (nSPS) is 26.2. The minimum absolute atomic E-state index is 0.0127. The molecule has 3 aromatic rings. The molecular formula is C33H31ClF3NO6S. The Hall–Kier alpha value is -3.57. The third-order valence-electron chi connectivity index (χ3n) is 9.68. The summed E-state index contributed by atoms with van der Waals surface area (Å²) in [5.41, 5.74) is -1.03. The largest absolute Gasteiger partial charge is 0.489 e. The lowest BCUT2D eigenvalue weighted by molar-refractivity contribution is -0.153. The molecule has 1 N–H and O–H groups in total. The maximum Gasteiger partial charge on any atom is 0.306 e. The van der Waals surface area contributed by atoms with E-state index in [0.717, 1.165) is 12.1 Å². The minimum Gasteiger partial charge on any atom is -0.489 e. The summed E-state index contributed by atoms with van der Waals surface area (Å²) in [6.07, 6.45) is 0.0464. The number of hydrogen-bond donors (Lipinski definition) is 1. The maximum absolute atomic E-state index is 16.2. The molecule has 238 valence electrons. The summed E-state index contributed by atoms with van der Waals surface area (Å²) in [5, 5.41) is 9.56. The molecular weight excluding hydrogens is 631 g/mol. The van der Waals surface area contributed by atoms with Crippen LogP contribution in [0.15, 0.2) is 65.6 Å². The molecule has 0 unspecified atom stereocenters. The first-order valence-corrected chi connectivity index (χ1v) is 16.7. The molecule has 1 saturated carbocycles. The van der Waals surface area contributed by atoms with Crippen LogP contribution in [-0.2, 0) is 37.2 Å². The minimum atomic E-state index is -4.28. The average Bonchev–Trinajstić information content (AvgIpc) is 3.42. The van der Waals surface area contributed by atoms with Gasteiger partial charge in [0.2, 0.25) is 0 Å². The fraction of sp³-hybridized carbons (Fsp3) is 0.394. The summed E-state index contributed by atoms with van der Waals surface area (Å²) < 4.78 is 77.7. The van der Waals surface area contributed by atoms with Gasteiger partial charge in [-0.2, -0.15) is 0 Å². The van der Waals surface area contributed by atoms with Crippen LogP contribution in [0.3, 0.4) is 0 Å². The van der Waals surface area contributed by atoms with Crippen molar-refractivity contribution in [2.75, 3.05) is 6.54 Å². The molecule has 0 radical (unpaired) electrons. The zero-order chi connectivity index (χ0) is 32.1. The van der Waals surface area contributed by atoms with E-state index in [9.17, 15) is 31.9 Å². The van der Waals surface area contributed by atoms with E-state index in [1.807, 2.05) is 0 Å². The van der Waals surface area contributed by atoms with Crippen LogP contribution in [0, 0.1) is 17.6 Å². The zero-order valence-corrected chi connectivity index (χ0v) is 25.7. The molecule has 45 heavy (non-hydrogen) atoms. The van der Waals surface area contributed by atoms with Gasteiger partial charge in [0.05, 0.1) is 21.9 Å². The molecule has 1 aliphatic heterocycles. The Bertz CT molecular complexity index is 1740. The van der Waals surface area contributed by atoms with Gasteiger partial charge in [-0.05, 0) is 105 Å². The van der Waals surface area contributed by atoms with Gasteiger partial charge in [0.15, 0.2) is 15.5 Å². The van der Waals surface area contributed by atoms with Crippen molar-refractivity contribution in [2.45, 2.75) is 72.9 Å². The Labute approximate surface area is 263 Å². The van der Waals surface area contributed by atoms with E-state index in [2.05, 4.69) is 0 Å². The van der Waals surface area contributed by atoms with Crippen LogP contribution in [0.5, 0.6) is 5.75 Å². The van der Waals surface area contributed by atoms with Crippen molar-refractivity contribution in [1.29, 1.82) is 0 Å². The highest BCUT2D eigenvalue weighted by Gasteiger charge is 2.62. The van der Waals surface area contributed by atoms with Crippen LogP contribution in [-0.4, -0.2) is 48.6 Å². The van der Waals surface area contributed by atoms with Crippen LogP contribution in [0.25, 0.3) is 0 Å². The number of carboxylic acids is 1. The standard InChI is InChI=1S/C33H31ClF3NO6S/c34-27-2-1-3-28(36)25(27)19-44-23-7-10-26-21(18-23)4-11-29-33(26,45(42,43)24-8-5-22(35)6-9-24)16-17-38(29)31(41)32(37)14-12-20(13-15-32)30(39)40/h1-3,5-10,18,20,29H,4,11-17,19H2,(H,39,40)/t20?,29-,32?,33-/m1/s1. The number of ether oxygens (including phenoxy) is 1. The predicted octanol–water partition coefficient (Wildman–Crippen LogP) is 6.40. The van der Waals surface area contributed by atoms with Gasteiger partial charge in [-0.15, -0.1) is 0 Å². The highest BCUT2D eigenvalue weighted by atomic mass is 35.5. The van der Waals surface area contributed by atoms with E-state index in [-0.39, 0.29) is 67.2 Å². The summed E-state index contributed by atoms with van der Waals surface area (Å²) in [4.78, 5) is 26.5. The molecule has 6 rings (SSSR count). The number of carbonyl (C=O) groups excluding carboxylic acids is 1. The van der Waals surface area contributed by atoms with Crippen LogP contribution < -0.4 is 4.74 Å². The molecule has 1 saturated heterocycles. The van der Waals surface area contributed by atoms with Crippen molar-refractivity contribution in [3.63, 3.8) is 0 Å². The van der Waals surface area contributed by atoms with Crippen molar-refractivity contribution in [3.05, 3.63) is 94.0 Å². The Morgan fingerprint density at radius 2 is 1.71 bits per heavy atom. The van der Waals surface area contributed by atoms with Gasteiger partial charge < -0.3 is 14.7 Å². The first-order valence-electron chi connectivity index (χ1n) is 14.8. The molecule has 3 aliphatic rings. The van der Waals surface area contributed by atoms with E-state index in [0.29, 0.717) is 23.3 Å². The van der Waals surface area contributed by atoms with Crippen LogP contribution >= 0.6 is 11.6 Å². The van der Waals surface area contributed by atoms with Crippen molar-refractivity contribution < 1.29 is 41.0 Å². The number of aryl methyl sites for hydroxylation is 1. The van der Waals surface area contributed by atoms with Crippen LogP contribution in [0.1, 0.15) is 55.2 Å². The number of amides is 1. The monoisotopic (exact) mass is 661 g/mol. The lowest BCUT2D eigenvalue weighted by Crippen LogP contribution is -2.56. The molecule has 0 spiro atoms. The number of nitrogens with zero attached hydrogens (tertiary/aromatic N) is 1. The molecule has 1 heterocycles. The summed E-state index contributed by atoms with van der Waals surface area (Å²) >= 11 is 6.14. The topological polar surface area (TPSA) is 101 Å². The predicted molar refractivity (Wildman–Crippen MR) is 159 cm³/mol. The second-order valence-corrected chi connectivity index (χ2v) is 14.6. The van der Waals surface area contributed by atoms with Crippen molar-refractivity contribution in [3.8, 4) is 5.75 Å². The number of halogens is 4. The number of carbonyl (C=O) groups is 2. The van der Waals surface area contributed by atoms with E-state index < -0.39 is 55.7 Å². The molecule has 0 bridgehead atoms. The van der Waals surface area contributed by atoms with E-state index in [1.54, 1.807) is 24.3 Å². The van der Waals surface area contributed by atoms with Gasteiger partial charge in [-0.3, -0.25) is 9.59 Å². The van der Waals surface area contributed by atoms with Crippen LogP contribution in [0.4, 0.5) is 13.2 Å². The van der Waals surface area contributed by atoms with Gasteiger partial charge >= 0.3 is 5.97 Å². The van der Waals surface area contributed by atoms with Gasteiger partial charge in [0, 0.05) is 12.1 Å².